The van der Waals surface area contributed by atoms with Crippen LogP contribution in [0.3, 0.4) is 0 Å². The predicted octanol–water partition coefficient (Wildman–Crippen LogP) is 8.20. The van der Waals surface area contributed by atoms with Gasteiger partial charge in [0.05, 0.1) is 19.5 Å². The van der Waals surface area contributed by atoms with Gasteiger partial charge in [-0.05, 0) is 84.3 Å². The van der Waals surface area contributed by atoms with E-state index >= 15 is 0 Å². The van der Waals surface area contributed by atoms with Gasteiger partial charge in [0.1, 0.15) is 0 Å². The smallest absolute Gasteiger partial charge is 0.255 e. The zero-order chi connectivity index (χ0) is 37.0. The first kappa shape index (κ1) is 35.5. The molecule has 6 aromatic rings. The van der Waals surface area contributed by atoms with Crippen LogP contribution in [0.4, 0.5) is 17.2 Å². The second kappa shape index (κ2) is 15.4. The fraction of sp³-hybridized carbons (Fsp3) is 0.279. The first-order chi connectivity index (χ1) is 25.6. The standard InChI is InChI=1S/C43H45N7O3/c1-29-35(13-8-14-36(29)46-41(51)31-15-19-33(20-16-31)43(2,3)4)38-47-39(45-34-21-17-32(18-22-34)42(52)49-24-26-53-27-25-49)37-40(48-38)50(28-44-37)23-9-12-30-10-6-5-7-11-30/h5-8,10-11,13-22,28H,9,12,23-27H2,1-4H3,(H,46,51)(H,45,47,48). The number of morpholine rings is 1. The molecule has 0 saturated carbocycles. The van der Waals surface area contributed by atoms with E-state index in [1.807, 2.05) is 90.9 Å². The molecule has 1 fully saturated rings. The number of fused-ring (bicyclic) bond motifs is 1. The molecule has 2 N–H and O–H groups in total. The number of imidazole rings is 1. The fourth-order valence-electron chi connectivity index (χ4n) is 6.52. The molecular weight excluding hydrogens is 663 g/mol. The monoisotopic (exact) mass is 707 g/mol. The number of anilines is 3. The molecule has 0 atom stereocenters. The number of benzene rings is 4. The maximum atomic E-state index is 13.4. The molecule has 0 aliphatic carbocycles. The normalized spacial score (nSPS) is 13.2. The Kier molecular flexibility index (Phi) is 10.3. The van der Waals surface area contributed by atoms with Crippen molar-refractivity contribution in [3.63, 3.8) is 0 Å². The SMILES string of the molecule is Cc1c(NC(=O)c2ccc(C(C)(C)C)cc2)cccc1-c1nc(Nc2ccc(C(=O)N3CCOCC3)cc2)c2ncn(CCCc3ccccc3)c2n1. The first-order valence-corrected chi connectivity index (χ1v) is 18.2. The lowest BCUT2D eigenvalue weighted by Crippen LogP contribution is -2.40. The molecule has 1 aliphatic rings. The molecule has 2 aromatic heterocycles. The van der Waals surface area contributed by atoms with Gasteiger partial charge < -0.3 is 24.8 Å². The Hall–Kier alpha value is -5.87. The van der Waals surface area contributed by atoms with Crippen molar-refractivity contribution < 1.29 is 14.3 Å². The summed E-state index contributed by atoms with van der Waals surface area (Å²) in [6, 6.07) is 31.4. The molecule has 0 bridgehead atoms. The number of hydrogen-bond acceptors (Lipinski definition) is 7. The number of aromatic nitrogens is 4. The largest absolute Gasteiger partial charge is 0.378 e. The van der Waals surface area contributed by atoms with Crippen molar-refractivity contribution in [3.8, 4) is 11.4 Å². The molecule has 0 radical (unpaired) electrons. The molecular formula is C43H45N7O3. The maximum absolute atomic E-state index is 13.4. The predicted molar refractivity (Wildman–Crippen MR) is 210 cm³/mol. The highest BCUT2D eigenvalue weighted by molar-refractivity contribution is 6.05. The first-order valence-electron chi connectivity index (χ1n) is 18.2. The number of nitrogens with one attached hydrogen (secondary N) is 2. The third-order valence-electron chi connectivity index (χ3n) is 9.70. The Balaban J connectivity index is 1.19. The van der Waals surface area contributed by atoms with E-state index in [0.29, 0.717) is 65.9 Å². The van der Waals surface area contributed by atoms with E-state index in [9.17, 15) is 9.59 Å². The maximum Gasteiger partial charge on any atom is 0.255 e. The lowest BCUT2D eigenvalue weighted by molar-refractivity contribution is 0.0303. The third-order valence-corrected chi connectivity index (χ3v) is 9.70. The summed E-state index contributed by atoms with van der Waals surface area (Å²) in [4.78, 5) is 43.1. The Bertz CT molecular complexity index is 2220. The van der Waals surface area contributed by atoms with Gasteiger partial charge in [0.2, 0.25) is 0 Å². The van der Waals surface area contributed by atoms with Gasteiger partial charge >= 0.3 is 0 Å². The van der Waals surface area contributed by atoms with Crippen molar-refractivity contribution in [2.45, 2.75) is 52.5 Å². The van der Waals surface area contributed by atoms with Crippen molar-refractivity contribution in [2.24, 2.45) is 0 Å². The summed E-state index contributed by atoms with van der Waals surface area (Å²) >= 11 is 0. The van der Waals surface area contributed by atoms with Crippen LogP contribution in [0.1, 0.15) is 64.6 Å². The average Bonchev–Trinajstić information content (AvgIpc) is 3.59. The minimum Gasteiger partial charge on any atom is -0.378 e. The summed E-state index contributed by atoms with van der Waals surface area (Å²) in [5, 5.41) is 6.57. The molecule has 1 aliphatic heterocycles. The van der Waals surface area contributed by atoms with Crippen LogP contribution < -0.4 is 10.6 Å². The van der Waals surface area contributed by atoms with E-state index < -0.39 is 0 Å². The van der Waals surface area contributed by atoms with Crippen LogP contribution >= 0.6 is 0 Å². The summed E-state index contributed by atoms with van der Waals surface area (Å²) in [5.74, 6) is 0.862. The number of aryl methyl sites for hydroxylation is 2. The molecule has 53 heavy (non-hydrogen) atoms. The number of nitrogens with zero attached hydrogens (tertiary/aromatic N) is 5. The van der Waals surface area contributed by atoms with Crippen molar-refractivity contribution in [1.82, 2.24) is 24.4 Å². The van der Waals surface area contributed by atoms with Gasteiger partial charge in [-0.1, -0.05) is 75.4 Å². The molecule has 3 heterocycles. The molecule has 2 amide bonds. The van der Waals surface area contributed by atoms with Crippen molar-refractivity contribution in [1.29, 1.82) is 0 Å². The topological polar surface area (TPSA) is 114 Å². The van der Waals surface area contributed by atoms with E-state index in [0.717, 1.165) is 36.2 Å². The lowest BCUT2D eigenvalue weighted by Gasteiger charge is -2.26. The summed E-state index contributed by atoms with van der Waals surface area (Å²) in [6.45, 7) is 11.4. The van der Waals surface area contributed by atoms with Crippen molar-refractivity contribution in [2.75, 3.05) is 36.9 Å². The quantitative estimate of drug-likeness (QED) is 0.148. The number of carbonyl (C=O) groups is 2. The number of carbonyl (C=O) groups excluding carboxylic acids is 2. The minimum atomic E-state index is -0.184. The summed E-state index contributed by atoms with van der Waals surface area (Å²) in [5.41, 5.74) is 8.09. The van der Waals surface area contributed by atoms with Gasteiger partial charge in [0.15, 0.2) is 22.8 Å². The fourth-order valence-corrected chi connectivity index (χ4v) is 6.52. The van der Waals surface area contributed by atoms with Crippen molar-refractivity contribution in [3.05, 3.63) is 131 Å². The van der Waals surface area contributed by atoms with Crippen LogP contribution in [0.5, 0.6) is 0 Å². The van der Waals surface area contributed by atoms with Gasteiger partial charge in [0, 0.05) is 47.7 Å². The van der Waals surface area contributed by atoms with E-state index in [1.54, 1.807) is 0 Å². The highest BCUT2D eigenvalue weighted by atomic mass is 16.5. The summed E-state index contributed by atoms with van der Waals surface area (Å²) in [7, 11) is 0. The second-order valence-electron chi connectivity index (χ2n) is 14.5. The summed E-state index contributed by atoms with van der Waals surface area (Å²) < 4.78 is 7.48. The Morgan fingerprint density at radius 3 is 2.26 bits per heavy atom. The molecule has 7 rings (SSSR count). The van der Waals surface area contributed by atoms with E-state index in [4.69, 9.17) is 19.7 Å². The molecule has 0 unspecified atom stereocenters. The highest BCUT2D eigenvalue weighted by Gasteiger charge is 2.21. The van der Waals surface area contributed by atoms with Crippen LogP contribution in [0.2, 0.25) is 0 Å². The lowest BCUT2D eigenvalue weighted by atomic mass is 9.86. The zero-order valence-electron chi connectivity index (χ0n) is 30.7. The van der Waals surface area contributed by atoms with Gasteiger partial charge in [-0.3, -0.25) is 9.59 Å². The zero-order valence-corrected chi connectivity index (χ0v) is 30.7. The van der Waals surface area contributed by atoms with Crippen LogP contribution in [0.15, 0.2) is 103 Å². The van der Waals surface area contributed by atoms with Gasteiger partial charge in [-0.15, -0.1) is 0 Å². The van der Waals surface area contributed by atoms with Crippen LogP contribution in [-0.2, 0) is 23.1 Å². The molecule has 1 saturated heterocycles. The van der Waals surface area contributed by atoms with E-state index in [2.05, 4.69) is 60.2 Å². The van der Waals surface area contributed by atoms with Crippen molar-refractivity contribution >= 4 is 40.2 Å². The number of ether oxygens (including phenoxy) is 1. The Labute approximate surface area is 310 Å². The average molecular weight is 708 g/mol. The van der Waals surface area contributed by atoms with Crippen LogP contribution in [-0.4, -0.2) is 62.5 Å². The van der Waals surface area contributed by atoms with Gasteiger partial charge in [0.25, 0.3) is 11.8 Å². The molecule has 270 valence electrons. The molecule has 4 aromatic carbocycles. The summed E-state index contributed by atoms with van der Waals surface area (Å²) in [6.07, 6.45) is 3.66. The van der Waals surface area contributed by atoms with Gasteiger partial charge in [-0.25, -0.2) is 15.0 Å². The Morgan fingerprint density at radius 2 is 1.55 bits per heavy atom. The number of rotatable bonds is 10. The molecule has 10 heteroatoms. The van der Waals surface area contributed by atoms with E-state index in [1.165, 1.54) is 11.1 Å². The number of amides is 2. The molecule has 10 nitrogen and oxygen atoms in total. The number of hydrogen-bond donors (Lipinski definition) is 2. The highest BCUT2D eigenvalue weighted by Crippen LogP contribution is 2.32. The Morgan fingerprint density at radius 1 is 0.830 bits per heavy atom. The van der Waals surface area contributed by atoms with E-state index in [-0.39, 0.29) is 17.2 Å². The van der Waals surface area contributed by atoms with Crippen LogP contribution in [0.25, 0.3) is 22.6 Å². The van der Waals surface area contributed by atoms with Crippen LogP contribution in [0, 0.1) is 6.92 Å². The minimum absolute atomic E-state index is 0.00244. The van der Waals surface area contributed by atoms with Gasteiger partial charge in [-0.2, -0.15) is 0 Å². The third kappa shape index (κ3) is 8.13. The second-order valence-corrected chi connectivity index (χ2v) is 14.5. The molecule has 0 spiro atoms.